The normalized spacial score (nSPS) is 10.7. The lowest BCUT2D eigenvalue weighted by molar-refractivity contribution is 0.100. The molecule has 1 aromatic heterocycles. The van der Waals surface area contributed by atoms with Gasteiger partial charge in [-0.05, 0) is 25.1 Å². The molecule has 3 nitrogen and oxygen atoms in total. The number of hydrogen-bond donors (Lipinski definition) is 1. The lowest BCUT2D eigenvalue weighted by Crippen LogP contribution is -2.13. The van der Waals surface area contributed by atoms with Gasteiger partial charge in [0.1, 0.15) is 5.01 Å². The van der Waals surface area contributed by atoms with Gasteiger partial charge in [0.2, 0.25) is 0 Å². The first-order valence-electron chi connectivity index (χ1n) is 5.19. The summed E-state index contributed by atoms with van der Waals surface area (Å²) >= 11 is 13.3. The maximum absolute atomic E-state index is 11.6. The highest BCUT2D eigenvalue weighted by Crippen LogP contribution is 2.34. The van der Waals surface area contributed by atoms with Crippen molar-refractivity contribution in [3.8, 4) is 10.6 Å². The highest BCUT2D eigenvalue weighted by molar-refractivity contribution is 7.17. The van der Waals surface area contributed by atoms with Crippen LogP contribution < -0.4 is 5.73 Å². The summed E-state index contributed by atoms with van der Waals surface area (Å²) in [6.45, 7) is 1.77. The molecule has 1 heterocycles. The number of aryl methyl sites for hydroxylation is 1. The molecule has 94 valence electrons. The Hall–Kier alpha value is -0.940. The van der Waals surface area contributed by atoms with Crippen LogP contribution in [0.25, 0.3) is 10.6 Å². The van der Waals surface area contributed by atoms with E-state index in [-0.39, 0.29) is 12.3 Å². The number of rotatable bonds is 3. The monoisotopic (exact) mass is 300 g/mol. The molecule has 18 heavy (non-hydrogen) atoms. The molecule has 0 bridgehead atoms. The van der Waals surface area contributed by atoms with Crippen molar-refractivity contribution in [2.24, 2.45) is 5.73 Å². The van der Waals surface area contributed by atoms with Gasteiger partial charge < -0.3 is 5.73 Å². The van der Waals surface area contributed by atoms with Crippen LogP contribution in [0.15, 0.2) is 18.2 Å². The van der Waals surface area contributed by atoms with Gasteiger partial charge >= 0.3 is 0 Å². The van der Waals surface area contributed by atoms with Crippen molar-refractivity contribution in [3.63, 3.8) is 0 Å². The minimum absolute atomic E-state index is 0.0170. The van der Waals surface area contributed by atoms with E-state index in [4.69, 9.17) is 28.9 Å². The van der Waals surface area contributed by atoms with E-state index in [0.717, 1.165) is 5.56 Å². The molecule has 0 amide bonds. The smallest absolute Gasteiger partial charge is 0.188 e. The number of thiazole rings is 1. The van der Waals surface area contributed by atoms with Crippen molar-refractivity contribution in [2.75, 3.05) is 6.54 Å². The van der Waals surface area contributed by atoms with Crippen molar-refractivity contribution < 1.29 is 4.79 Å². The number of aromatic nitrogens is 1. The molecule has 0 aliphatic heterocycles. The van der Waals surface area contributed by atoms with Crippen molar-refractivity contribution in [1.82, 2.24) is 4.98 Å². The summed E-state index contributed by atoms with van der Waals surface area (Å²) < 4.78 is 0. The van der Waals surface area contributed by atoms with Crippen molar-refractivity contribution in [2.45, 2.75) is 6.92 Å². The second kappa shape index (κ2) is 5.36. The number of nitrogens with two attached hydrogens (primary N) is 1. The zero-order valence-corrected chi connectivity index (χ0v) is 11.9. The number of carbonyl (C=O) groups excluding carboxylic acids is 1. The van der Waals surface area contributed by atoms with Gasteiger partial charge in [0.05, 0.1) is 22.1 Å². The van der Waals surface area contributed by atoms with Crippen LogP contribution in [0, 0.1) is 6.92 Å². The lowest BCUT2D eigenvalue weighted by atomic mass is 10.2. The van der Waals surface area contributed by atoms with E-state index in [2.05, 4.69) is 4.98 Å². The number of benzene rings is 1. The summed E-state index contributed by atoms with van der Waals surface area (Å²) in [4.78, 5) is 16.5. The molecule has 0 radical (unpaired) electrons. The molecule has 0 aliphatic carbocycles. The summed E-state index contributed by atoms with van der Waals surface area (Å²) in [5.74, 6) is -0.110. The third-order valence-corrected chi connectivity index (χ3v) is 4.18. The summed E-state index contributed by atoms with van der Waals surface area (Å²) in [6, 6.07) is 5.18. The Morgan fingerprint density at radius 2 is 2.17 bits per heavy atom. The van der Waals surface area contributed by atoms with E-state index in [0.29, 0.717) is 25.6 Å². The van der Waals surface area contributed by atoms with E-state index in [9.17, 15) is 4.79 Å². The van der Waals surface area contributed by atoms with Crippen molar-refractivity contribution in [1.29, 1.82) is 0 Å². The van der Waals surface area contributed by atoms with E-state index >= 15 is 0 Å². The number of halogens is 2. The molecule has 0 saturated heterocycles. The number of hydrogen-bond acceptors (Lipinski definition) is 4. The van der Waals surface area contributed by atoms with Gasteiger partial charge in [0, 0.05) is 10.6 Å². The average molecular weight is 301 g/mol. The zero-order chi connectivity index (χ0) is 13.3. The maximum Gasteiger partial charge on any atom is 0.188 e. The number of Topliss-reactive ketones (excluding diaryl/α,β-unsaturated/α-hetero) is 1. The number of nitrogens with zero attached hydrogens (tertiary/aromatic N) is 1. The van der Waals surface area contributed by atoms with E-state index in [1.54, 1.807) is 25.1 Å². The molecule has 6 heteroatoms. The second-order valence-corrected chi connectivity index (χ2v) is 5.53. The lowest BCUT2D eigenvalue weighted by Gasteiger charge is -2.00. The fourth-order valence-corrected chi connectivity index (χ4v) is 3.13. The minimum atomic E-state index is -0.110. The molecule has 2 rings (SSSR count). The van der Waals surface area contributed by atoms with Crippen LogP contribution in [-0.4, -0.2) is 17.3 Å². The Balaban J connectivity index is 2.49. The van der Waals surface area contributed by atoms with Crippen LogP contribution >= 0.6 is 34.5 Å². The predicted molar refractivity (Wildman–Crippen MR) is 75.7 cm³/mol. The summed E-state index contributed by atoms with van der Waals surface area (Å²) in [6.07, 6.45) is 0. The topological polar surface area (TPSA) is 56.0 Å². The van der Waals surface area contributed by atoms with Gasteiger partial charge in [0.15, 0.2) is 5.78 Å². The van der Waals surface area contributed by atoms with Crippen LogP contribution in [0.1, 0.15) is 15.4 Å². The van der Waals surface area contributed by atoms with Gasteiger partial charge in [-0.2, -0.15) is 0 Å². The number of ketones is 1. The summed E-state index contributed by atoms with van der Waals surface area (Å²) in [5, 5.41) is 1.78. The van der Waals surface area contributed by atoms with Crippen molar-refractivity contribution >= 4 is 40.3 Å². The highest BCUT2D eigenvalue weighted by atomic mass is 35.5. The molecule has 0 unspecified atom stereocenters. The molecule has 0 fully saturated rings. The molecule has 0 aliphatic rings. The standard InChI is InChI=1S/C12H10Cl2N2OS/c1-6-11(10(17)5-15)18-12(16-6)8-3-2-7(13)4-9(8)14/h2-4H,5,15H2,1H3. The van der Waals surface area contributed by atoms with Gasteiger partial charge in [-0.15, -0.1) is 11.3 Å². The summed E-state index contributed by atoms with van der Waals surface area (Å²) in [5.41, 5.74) is 6.80. The minimum Gasteiger partial charge on any atom is -0.324 e. The number of carbonyl (C=O) groups is 1. The Kier molecular flexibility index (Phi) is 4.02. The van der Waals surface area contributed by atoms with E-state index < -0.39 is 0 Å². The third kappa shape index (κ3) is 2.57. The third-order valence-electron chi connectivity index (χ3n) is 2.40. The van der Waals surface area contributed by atoms with E-state index in [1.807, 2.05) is 0 Å². The predicted octanol–water partition coefficient (Wildman–Crippen LogP) is 3.57. The van der Waals surface area contributed by atoms with E-state index in [1.165, 1.54) is 11.3 Å². The Morgan fingerprint density at radius 1 is 1.44 bits per heavy atom. The first-order chi connectivity index (χ1) is 8.52. The van der Waals surface area contributed by atoms with Gasteiger partial charge in [-0.25, -0.2) is 4.98 Å². The zero-order valence-electron chi connectivity index (χ0n) is 9.54. The Bertz CT molecular complexity index is 610. The molecule has 2 aromatic rings. The van der Waals surface area contributed by atoms with Gasteiger partial charge in [-0.1, -0.05) is 23.2 Å². The SMILES string of the molecule is Cc1nc(-c2ccc(Cl)cc2Cl)sc1C(=O)CN. The highest BCUT2D eigenvalue weighted by Gasteiger charge is 2.16. The fourth-order valence-electron chi connectivity index (χ4n) is 1.53. The van der Waals surface area contributed by atoms with Crippen LogP contribution in [0.4, 0.5) is 0 Å². The Labute approximate surface area is 119 Å². The molecule has 0 atom stereocenters. The largest absolute Gasteiger partial charge is 0.324 e. The van der Waals surface area contributed by atoms with Crippen LogP contribution in [0.2, 0.25) is 10.0 Å². The second-order valence-electron chi connectivity index (χ2n) is 3.69. The first kappa shape index (κ1) is 13.5. The Morgan fingerprint density at radius 3 is 2.78 bits per heavy atom. The fraction of sp³-hybridized carbons (Fsp3) is 0.167. The van der Waals surface area contributed by atoms with Gasteiger partial charge in [-0.3, -0.25) is 4.79 Å². The molecular weight excluding hydrogens is 291 g/mol. The molecular formula is C12H10Cl2N2OS. The molecule has 0 spiro atoms. The first-order valence-corrected chi connectivity index (χ1v) is 6.76. The quantitative estimate of drug-likeness (QED) is 0.882. The average Bonchev–Trinajstić information content (AvgIpc) is 2.70. The molecule has 1 aromatic carbocycles. The summed E-state index contributed by atoms with van der Waals surface area (Å²) in [7, 11) is 0. The molecule has 2 N–H and O–H groups in total. The van der Waals surface area contributed by atoms with Crippen LogP contribution in [0.5, 0.6) is 0 Å². The van der Waals surface area contributed by atoms with Gasteiger partial charge in [0.25, 0.3) is 0 Å². The van der Waals surface area contributed by atoms with Crippen molar-refractivity contribution in [3.05, 3.63) is 38.8 Å². The molecule has 0 saturated carbocycles. The maximum atomic E-state index is 11.6. The van der Waals surface area contributed by atoms with Crippen LogP contribution in [0.3, 0.4) is 0 Å². The van der Waals surface area contributed by atoms with Crippen LogP contribution in [-0.2, 0) is 0 Å².